The Hall–Kier alpha value is -0.0800. The van der Waals surface area contributed by atoms with E-state index in [2.05, 4.69) is 96.9 Å². The SMILES string of the molecule is C.COC(C)(C(C)(C)C(C)C)C(C)(C)C(C)C.COC(C)(C(C)C)C(C)C. The Morgan fingerprint density at radius 1 is 0.481 bits per heavy atom. The van der Waals surface area contributed by atoms with Crippen LogP contribution >= 0.6 is 0 Å². The van der Waals surface area contributed by atoms with Gasteiger partial charge in [-0.3, -0.25) is 0 Å². The van der Waals surface area contributed by atoms with Crippen molar-refractivity contribution in [2.45, 2.75) is 116 Å². The molecule has 0 aliphatic carbocycles. The maximum absolute atomic E-state index is 5.99. The van der Waals surface area contributed by atoms with Crippen LogP contribution in [0.25, 0.3) is 0 Å². The van der Waals surface area contributed by atoms with Gasteiger partial charge in [-0.1, -0.05) is 90.5 Å². The predicted molar refractivity (Wildman–Crippen MR) is 124 cm³/mol. The molecule has 0 aliphatic rings. The molecule has 0 fully saturated rings. The maximum Gasteiger partial charge on any atom is 0.0756 e. The third-order valence-electron chi connectivity index (χ3n) is 8.49. The van der Waals surface area contributed by atoms with Gasteiger partial charge in [0, 0.05) is 14.2 Å². The predicted octanol–water partition coefficient (Wildman–Crippen LogP) is 8.10. The van der Waals surface area contributed by atoms with Gasteiger partial charge in [0.05, 0.1) is 11.2 Å². The van der Waals surface area contributed by atoms with Crippen molar-refractivity contribution in [3.63, 3.8) is 0 Å². The first-order valence-corrected chi connectivity index (χ1v) is 10.5. The lowest BCUT2D eigenvalue weighted by Gasteiger charge is -2.56. The summed E-state index contributed by atoms with van der Waals surface area (Å²) in [5.74, 6) is 2.35. The zero-order chi connectivity index (χ0) is 21.7. The van der Waals surface area contributed by atoms with Crippen LogP contribution in [-0.2, 0) is 9.47 Å². The van der Waals surface area contributed by atoms with E-state index in [4.69, 9.17) is 9.47 Å². The van der Waals surface area contributed by atoms with E-state index in [0.29, 0.717) is 23.7 Å². The fraction of sp³-hybridized carbons (Fsp3) is 1.00. The monoisotopic (exact) mass is 388 g/mol. The van der Waals surface area contributed by atoms with Crippen molar-refractivity contribution in [2.75, 3.05) is 14.2 Å². The van der Waals surface area contributed by atoms with E-state index in [1.165, 1.54) is 0 Å². The second kappa shape index (κ2) is 11.2. The maximum atomic E-state index is 5.99. The summed E-state index contributed by atoms with van der Waals surface area (Å²) in [6.45, 7) is 31.7. The quantitative estimate of drug-likeness (QED) is 0.418. The van der Waals surface area contributed by atoms with Gasteiger partial charge >= 0.3 is 0 Å². The molecule has 0 saturated carbocycles. The van der Waals surface area contributed by atoms with E-state index in [1.54, 1.807) is 7.11 Å². The standard InChI is InChI=1S/C15H32O.C9H20O.CH4/c1-11(2)13(5,6)15(9,16-10)14(7,8)12(3)4;1-7(2)9(5,10-6)8(3)4;/h11-12H,1-10H3;7-8H,1-6H3;1H4. The average molecular weight is 389 g/mol. The molecular weight excluding hydrogens is 332 g/mol. The first-order chi connectivity index (χ1) is 11.4. The molecule has 0 N–H and O–H groups in total. The Morgan fingerprint density at radius 2 is 0.741 bits per heavy atom. The second-order valence-electron chi connectivity index (χ2n) is 10.7. The van der Waals surface area contributed by atoms with Crippen molar-refractivity contribution in [2.24, 2.45) is 34.5 Å². The molecule has 0 aliphatic heterocycles. The Kier molecular flexibility index (Phi) is 13.1. The summed E-state index contributed by atoms with van der Waals surface area (Å²) in [4.78, 5) is 0. The first-order valence-electron chi connectivity index (χ1n) is 10.5. The van der Waals surface area contributed by atoms with Gasteiger partial charge in [-0.25, -0.2) is 0 Å². The molecule has 0 atom stereocenters. The minimum absolute atomic E-state index is 0. The highest BCUT2D eigenvalue weighted by Crippen LogP contribution is 2.53. The Bertz CT molecular complexity index is 361. The third-order valence-corrected chi connectivity index (χ3v) is 8.49. The molecule has 0 rings (SSSR count). The van der Waals surface area contributed by atoms with Gasteiger partial charge in [0.15, 0.2) is 0 Å². The van der Waals surface area contributed by atoms with Crippen molar-refractivity contribution >= 4 is 0 Å². The molecule has 0 aromatic carbocycles. The molecule has 0 unspecified atom stereocenters. The van der Waals surface area contributed by atoms with Crippen LogP contribution in [0.15, 0.2) is 0 Å². The summed E-state index contributed by atoms with van der Waals surface area (Å²) in [5.41, 5.74) is 0.216. The number of hydrogen-bond donors (Lipinski definition) is 0. The lowest BCUT2D eigenvalue weighted by atomic mass is 9.54. The van der Waals surface area contributed by atoms with Gasteiger partial charge < -0.3 is 9.47 Å². The number of methoxy groups -OCH3 is 2. The normalized spacial score (nSPS) is 13.8. The van der Waals surface area contributed by atoms with E-state index in [1.807, 2.05) is 7.11 Å². The summed E-state index contributed by atoms with van der Waals surface area (Å²) in [6, 6.07) is 0. The largest absolute Gasteiger partial charge is 0.378 e. The summed E-state index contributed by atoms with van der Waals surface area (Å²) < 4.78 is 11.5. The van der Waals surface area contributed by atoms with Gasteiger partial charge in [0.25, 0.3) is 0 Å². The summed E-state index contributed by atoms with van der Waals surface area (Å²) in [5, 5.41) is 0. The summed E-state index contributed by atoms with van der Waals surface area (Å²) in [7, 11) is 3.65. The van der Waals surface area contributed by atoms with Gasteiger partial charge in [-0.15, -0.1) is 0 Å². The third kappa shape index (κ3) is 6.46. The first kappa shape index (κ1) is 31.6. The minimum Gasteiger partial charge on any atom is -0.378 e. The lowest BCUT2D eigenvalue weighted by Crippen LogP contribution is -2.58. The van der Waals surface area contributed by atoms with E-state index in [-0.39, 0.29) is 29.5 Å². The van der Waals surface area contributed by atoms with Crippen LogP contribution in [0.4, 0.5) is 0 Å². The molecule has 0 heterocycles. The van der Waals surface area contributed by atoms with Crippen molar-refractivity contribution in [1.29, 1.82) is 0 Å². The minimum atomic E-state index is -0.123. The van der Waals surface area contributed by atoms with Crippen LogP contribution < -0.4 is 0 Å². The van der Waals surface area contributed by atoms with Crippen LogP contribution in [0.5, 0.6) is 0 Å². The molecule has 2 heteroatoms. The molecule has 0 spiro atoms. The van der Waals surface area contributed by atoms with Gasteiger partial charge in [-0.2, -0.15) is 0 Å². The van der Waals surface area contributed by atoms with Crippen molar-refractivity contribution in [3.8, 4) is 0 Å². The molecule has 2 nitrogen and oxygen atoms in total. The van der Waals surface area contributed by atoms with Crippen molar-refractivity contribution in [1.82, 2.24) is 0 Å². The molecule has 0 amide bonds. The highest BCUT2D eigenvalue weighted by atomic mass is 16.5. The fourth-order valence-electron chi connectivity index (χ4n) is 3.60. The number of hydrogen-bond acceptors (Lipinski definition) is 2. The van der Waals surface area contributed by atoms with Crippen LogP contribution in [0.3, 0.4) is 0 Å². The molecule has 168 valence electrons. The highest BCUT2D eigenvalue weighted by Gasteiger charge is 2.54. The average Bonchev–Trinajstić information content (AvgIpc) is 2.52. The zero-order valence-corrected chi connectivity index (χ0v) is 21.1. The molecule has 27 heavy (non-hydrogen) atoms. The zero-order valence-electron chi connectivity index (χ0n) is 21.1. The highest BCUT2D eigenvalue weighted by molar-refractivity contribution is 5.03. The van der Waals surface area contributed by atoms with Crippen LogP contribution in [-0.4, -0.2) is 25.4 Å². The van der Waals surface area contributed by atoms with E-state index >= 15 is 0 Å². The van der Waals surface area contributed by atoms with Crippen molar-refractivity contribution < 1.29 is 9.47 Å². The van der Waals surface area contributed by atoms with Gasteiger partial charge in [0.2, 0.25) is 0 Å². The van der Waals surface area contributed by atoms with Gasteiger partial charge in [-0.05, 0) is 48.3 Å². The molecular formula is C25H56O2. The number of ether oxygens (including phenoxy) is 2. The smallest absolute Gasteiger partial charge is 0.0756 e. The second-order valence-corrected chi connectivity index (χ2v) is 10.7. The molecule has 0 bridgehead atoms. The molecule has 0 aromatic heterocycles. The fourth-order valence-corrected chi connectivity index (χ4v) is 3.60. The lowest BCUT2D eigenvalue weighted by molar-refractivity contribution is -0.189. The Morgan fingerprint density at radius 3 is 0.815 bits per heavy atom. The number of rotatable bonds is 8. The van der Waals surface area contributed by atoms with Crippen LogP contribution in [0, 0.1) is 34.5 Å². The Labute approximate surface area is 174 Å². The molecule has 0 saturated heterocycles. The van der Waals surface area contributed by atoms with E-state index < -0.39 is 0 Å². The van der Waals surface area contributed by atoms with E-state index in [0.717, 1.165) is 0 Å². The summed E-state index contributed by atoms with van der Waals surface area (Å²) >= 11 is 0. The summed E-state index contributed by atoms with van der Waals surface area (Å²) in [6.07, 6.45) is 0. The molecule has 0 radical (unpaired) electrons. The van der Waals surface area contributed by atoms with Crippen LogP contribution in [0.2, 0.25) is 0 Å². The van der Waals surface area contributed by atoms with Crippen molar-refractivity contribution in [3.05, 3.63) is 0 Å². The van der Waals surface area contributed by atoms with Crippen LogP contribution in [0.1, 0.15) is 104 Å². The molecule has 0 aromatic rings. The topological polar surface area (TPSA) is 18.5 Å². The Balaban J connectivity index is -0.000000454. The van der Waals surface area contributed by atoms with Gasteiger partial charge in [0.1, 0.15) is 0 Å². The van der Waals surface area contributed by atoms with E-state index in [9.17, 15) is 0 Å².